The lowest BCUT2D eigenvalue weighted by Crippen LogP contribution is -2.24. The molecule has 0 saturated heterocycles. The van der Waals surface area contributed by atoms with Crippen molar-refractivity contribution in [1.82, 2.24) is 5.32 Å². The van der Waals surface area contributed by atoms with Crippen LogP contribution in [-0.4, -0.2) is 31.3 Å². The Bertz CT molecular complexity index is 394. The summed E-state index contributed by atoms with van der Waals surface area (Å²) in [5.74, 6) is 0.419. The van der Waals surface area contributed by atoms with Gasteiger partial charge in [-0.3, -0.25) is 4.79 Å². The third-order valence-corrected chi connectivity index (χ3v) is 2.61. The molecule has 0 saturated carbocycles. The van der Waals surface area contributed by atoms with Crippen LogP contribution in [-0.2, 0) is 0 Å². The molecular formula is C13H20N2O3. The molecule has 1 amide bonds. The Morgan fingerprint density at radius 3 is 2.78 bits per heavy atom. The van der Waals surface area contributed by atoms with E-state index in [0.717, 1.165) is 19.3 Å². The molecule has 5 nitrogen and oxygen atoms in total. The molecule has 0 atom stereocenters. The molecule has 0 radical (unpaired) electrons. The van der Waals surface area contributed by atoms with Crippen molar-refractivity contribution in [3.05, 3.63) is 23.8 Å². The summed E-state index contributed by atoms with van der Waals surface area (Å²) in [7, 11) is 1.53. The number of nitrogens with one attached hydrogen (secondary N) is 1. The maximum atomic E-state index is 11.8. The fraction of sp³-hybridized carbons (Fsp3) is 0.462. The second-order valence-corrected chi connectivity index (χ2v) is 4.00. The van der Waals surface area contributed by atoms with Crippen LogP contribution < -0.4 is 15.8 Å². The van der Waals surface area contributed by atoms with Gasteiger partial charge in [0.1, 0.15) is 5.75 Å². The number of amides is 1. The fourth-order valence-electron chi connectivity index (χ4n) is 1.59. The highest BCUT2D eigenvalue weighted by Gasteiger charge is 2.07. The molecule has 4 N–H and O–H groups in total. The lowest BCUT2D eigenvalue weighted by Gasteiger charge is -2.08. The molecule has 0 heterocycles. The molecule has 1 aromatic rings. The van der Waals surface area contributed by atoms with E-state index >= 15 is 0 Å². The molecule has 0 aliphatic rings. The van der Waals surface area contributed by atoms with Gasteiger partial charge in [0.05, 0.1) is 12.8 Å². The van der Waals surface area contributed by atoms with Crippen LogP contribution in [0, 0.1) is 0 Å². The summed E-state index contributed by atoms with van der Waals surface area (Å²) in [6.45, 7) is 0.799. The van der Waals surface area contributed by atoms with Gasteiger partial charge in [-0.15, -0.1) is 0 Å². The number of aliphatic hydroxyl groups is 1. The first-order chi connectivity index (χ1) is 8.69. The van der Waals surface area contributed by atoms with Gasteiger partial charge in [-0.2, -0.15) is 0 Å². The summed E-state index contributed by atoms with van der Waals surface area (Å²) in [4.78, 5) is 11.8. The molecule has 0 spiro atoms. The molecule has 0 unspecified atom stereocenters. The van der Waals surface area contributed by atoms with Crippen LogP contribution in [0.2, 0.25) is 0 Å². The van der Waals surface area contributed by atoms with E-state index in [0.29, 0.717) is 23.5 Å². The fourth-order valence-corrected chi connectivity index (χ4v) is 1.59. The predicted octanol–water partition coefficient (Wildman–Crippen LogP) is 1.17. The van der Waals surface area contributed by atoms with Crippen molar-refractivity contribution in [1.29, 1.82) is 0 Å². The van der Waals surface area contributed by atoms with Crippen molar-refractivity contribution in [2.24, 2.45) is 0 Å². The Labute approximate surface area is 107 Å². The highest BCUT2D eigenvalue weighted by molar-refractivity contribution is 5.95. The standard InChI is InChI=1S/C13H20N2O3/c1-18-12-6-5-10(9-11(12)14)13(17)15-7-3-2-4-8-16/h5-6,9,16H,2-4,7-8,14H2,1H3,(H,15,17). The minimum Gasteiger partial charge on any atom is -0.495 e. The van der Waals surface area contributed by atoms with Crippen LogP contribution in [0.1, 0.15) is 29.6 Å². The Morgan fingerprint density at radius 2 is 2.17 bits per heavy atom. The van der Waals surface area contributed by atoms with Crippen LogP contribution in [0.15, 0.2) is 18.2 Å². The maximum Gasteiger partial charge on any atom is 0.251 e. The molecule has 1 aromatic carbocycles. The second-order valence-electron chi connectivity index (χ2n) is 4.00. The quantitative estimate of drug-likeness (QED) is 0.502. The van der Waals surface area contributed by atoms with E-state index in [1.165, 1.54) is 7.11 Å². The lowest BCUT2D eigenvalue weighted by atomic mass is 10.1. The molecule has 0 bridgehead atoms. The molecule has 18 heavy (non-hydrogen) atoms. The molecule has 100 valence electrons. The number of nitrogen functional groups attached to an aromatic ring is 1. The average molecular weight is 252 g/mol. The van der Waals surface area contributed by atoms with Gasteiger partial charge in [-0.05, 0) is 37.5 Å². The molecule has 1 rings (SSSR count). The zero-order valence-corrected chi connectivity index (χ0v) is 10.6. The Hall–Kier alpha value is -1.75. The average Bonchev–Trinajstić information content (AvgIpc) is 2.38. The number of benzene rings is 1. The molecule has 0 aliphatic heterocycles. The van der Waals surface area contributed by atoms with Gasteiger partial charge >= 0.3 is 0 Å². The summed E-state index contributed by atoms with van der Waals surface area (Å²) in [6.07, 6.45) is 2.53. The van der Waals surface area contributed by atoms with Gasteiger partial charge in [0.15, 0.2) is 0 Å². The van der Waals surface area contributed by atoms with E-state index in [1.807, 2.05) is 0 Å². The summed E-state index contributed by atoms with van der Waals surface area (Å²) in [6, 6.07) is 4.95. The summed E-state index contributed by atoms with van der Waals surface area (Å²) in [5.41, 5.74) is 6.70. The van der Waals surface area contributed by atoms with Crippen molar-refractivity contribution in [2.45, 2.75) is 19.3 Å². The molecule has 5 heteroatoms. The molecule has 0 aromatic heterocycles. The van der Waals surface area contributed by atoms with Crippen LogP contribution in [0.4, 0.5) is 5.69 Å². The van der Waals surface area contributed by atoms with Gasteiger partial charge in [0.2, 0.25) is 0 Å². The first-order valence-electron chi connectivity index (χ1n) is 6.01. The number of anilines is 1. The molecule has 0 fully saturated rings. The van der Waals surface area contributed by atoms with E-state index in [4.69, 9.17) is 15.6 Å². The normalized spacial score (nSPS) is 10.1. The first-order valence-corrected chi connectivity index (χ1v) is 6.01. The first kappa shape index (κ1) is 14.3. The highest BCUT2D eigenvalue weighted by Crippen LogP contribution is 2.21. The van der Waals surface area contributed by atoms with Gasteiger partial charge in [-0.25, -0.2) is 0 Å². The Balaban J connectivity index is 2.44. The van der Waals surface area contributed by atoms with Crippen molar-refractivity contribution in [2.75, 3.05) is 26.0 Å². The van der Waals surface area contributed by atoms with Gasteiger partial charge < -0.3 is 20.9 Å². The number of methoxy groups -OCH3 is 1. The number of carbonyl (C=O) groups excluding carboxylic acids is 1. The zero-order valence-electron chi connectivity index (χ0n) is 10.6. The van der Waals surface area contributed by atoms with E-state index in [-0.39, 0.29) is 12.5 Å². The largest absolute Gasteiger partial charge is 0.495 e. The topological polar surface area (TPSA) is 84.6 Å². The number of rotatable bonds is 7. The molecule has 0 aliphatic carbocycles. The van der Waals surface area contributed by atoms with Crippen molar-refractivity contribution in [3.63, 3.8) is 0 Å². The highest BCUT2D eigenvalue weighted by atomic mass is 16.5. The Morgan fingerprint density at radius 1 is 1.39 bits per heavy atom. The zero-order chi connectivity index (χ0) is 13.4. The van der Waals surface area contributed by atoms with Crippen molar-refractivity contribution in [3.8, 4) is 5.75 Å². The number of nitrogens with two attached hydrogens (primary N) is 1. The van der Waals surface area contributed by atoms with E-state index in [9.17, 15) is 4.79 Å². The minimum absolute atomic E-state index is 0.145. The smallest absolute Gasteiger partial charge is 0.251 e. The monoisotopic (exact) mass is 252 g/mol. The van der Waals surface area contributed by atoms with Gasteiger partial charge in [-0.1, -0.05) is 0 Å². The van der Waals surface area contributed by atoms with Crippen LogP contribution in [0.3, 0.4) is 0 Å². The van der Waals surface area contributed by atoms with Crippen LogP contribution in [0.25, 0.3) is 0 Å². The summed E-state index contributed by atoms with van der Waals surface area (Å²) >= 11 is 0. The number of ether oxygens (including phenoxy) is 1. The van der Waals surface area contributed by atoms with E-state index in [1.54, 1.807) is 18.2 Å². The lowest BCUT2D eigenvalue weighted by molar-refractivity contribution is 0.0953. The number of hydrogen-bond acceptors (Lipinski definition) is 4. The Kier molecular flexibility index (Phi) is 6.00. The SMILES string of the molecule is COc1ccc(C(=O)NCCCCCO)cc1N. The third-order valence-electron chi connectivity index (χ3n) is 2.61. The number of unbranched alkanes of at least 4 members (excludes halogenated alkanes) is 2. The van der Waals surface area contributed by atoms with Crippen molar-refractivity contribution >= 4 is 11.6 Å². The van der Waals surface area contributed by atoms with Crippen LogP contribution >= 0.6 is 0 Å². The van der Waals surface area contributed by atoms with Crippen molar-refractivity contribution < 1.29 is 14.6 Å². The number of hydrogen-bond donors (Lipinski definition) is 3. The third kappa shape index (κ3) is 4.25. The van der Waals surface area contributed by atoms with E-state index < -0.39 is 0 Å². The number of aliphatic hydroxyl groups excluding tert-OH is 1. The molecular weight excluding hydrogens is 232 g/mol. The minimum atomic E-state index is -0.145. The summed E-state index contributed by atoms with van der Waals surface area (Å²) in [5, 5.41) is 11.4. The van der Waals surface area contributed by atoms with Crippen LogP contribution in [0.5, 0.6) is 5.75 Å². The van der Waals surface area contributed by atoms with Gasteiger partial charge in [0, 0.05) is 18.7 Å². The maximum absolute atomic E-state index is 11.8. The van der Waals surface area contributed by atoms with E-state index in [2.05, 4.69) is 5.32 Å². The van der Waals surface area contributed by atoms with Gasteiger partial charge in [0.25, 0.3) is 5.91 Å². The predicted molar refractivity (Wildman–Crippen MR) is 70.7 cm³/mol. The second kappa shape index (κ2) is 7.55. The number of carbonyl (C=O) groups is 1. The summed E-state index contributed by atoms with van der Waals surface area (Å²) < 4.78 is 5.02.